The molecule has 0 aromatic heterocycles. The molecule has 2 nitrogen and oxygen atoms in total. The van der Waals surface area contributed by atoms with E-state index in [0.717, 1.165) is 19.3 Å². The van der Waals surface area contributed by atoms with E-state index in [2.05, 4.69) is 29.6 Å². The smallest absolute Gasteiger partial charge is 0.227 e. The van der Waals surface area contributed by atoms with E-state index in [0.29, 0.717) is 6.04 Å². The molecule has 0 aliphatic heterocycles. The number of hydrogen-bond donors (Lipinski definition) is 1. The normalized spacial score (nSPS) is 23.7. The quantitative estimate of drug-likeness (QED) is 0.862. The van der Waals surface area contributed by atoms with Crippen LogP contribution in [-0.2, 0) is 11.2 Å². The van der Waals surface area contributed by atoms with Crippen LogP contribution in [0.15, 0.2) is 24.3 Å². The van der Waals surface area contributed by atoms with Crippen LogP contribution in [0.4, 0.5) is 0 Å². The molecule has 102 valence electrons. The fourth-order valence-electron chi connectivity index (χ4n) is 3.57. The van der Waals surface area contributed by atoms with Crippen molar-refractivity contribution in [3.8, 4) is 0 Å². The van der Waals surface area contributed by atoms with Crippen molar-refractivity contribution in [2.24, 2.45) is 0 Å². The topological polar surface area (TPSA) is 29.1 Å². The standard InChI is InChI=1S/C17H23NO/c19-17(18-14-9-2-1-3-10-14)16-12-6-8-13-7-4-5-11-15(13)16/h4-5,7,11,14,16H,1-3,6,8-10,12H2,(H,18,19). The molecule has 2 aliphatic rings. The summed E-state index contributed by atoms with van der Waals surface area (Å²) >= 11 is 0. The Morgan fingerprint density at radius 1 is 1.00 bits per heavy atom. The summed E-state index contributed by atoms with van der Waals surface area (Å²) in [6.45, 7) is 0. The summed E-state index contributed by atoms with van der Waals surface area (Å²) in [5.41, 5.74) is 2.64. The van der Waals surface area contributed by atoms with Gasteiger partial charge in [-0.2, -0.15) is 0 Å². The highest BCUT2D eigenvalue weighted by Crippen LogP contribution is 2.32. The Morgan fingerprint density at radius 3 is 2.63 bits per heavy atom. The molecule has 1 saturated carbocycles. The minimum atomic E-state index is 0.0897. The van der Waals surface area contributed by atoms with Gasteiger partial charge in [0.15, 0.2) is 0 Å². The minimum absolute atomic E-state index is 0.0897. The van der Waals surface area contributed by atoms with Gasteiger partial charge in [-0.25, -0.2) is 0 Å². The fraction of sp³-hybridized carbons (Fsp3) is 0.588. The first-order valence-corrected chi connectivity index (χ1v) is 7.73. The van der Waals surface area contributed by atoms with Gasteiger partial charge >= 0.3 is 0 Å². The summed E-state index contributed by atoms with van der Waals surface area (Å²) in [5, 5.41) is 3.29. The maximum Gasteiger partial charge on any atom is 0.227 e. The highest BCUT2D eigenvalue weighted by molar-refractivity contribution is 5.84. The van der Waals surface area contributed by atoms with E-state index in [1.807, 2.05) is 0 Å². The Bertz CT molecular complexity index is 448. The van der Waals surface area contributed by atoms with Crippen molar-refractivity contribution >= 4 is 5.91 Å². The van der Waals surface area contributed by atoms with Gasteiger partial charge in [0.2, 0.25) is 5.91 Å². The number of carbonyl (C=O) groups excluding carboxylic acids is 1. The molecule has 19 heavy (non-hydrogen) atoms. The number of carbonyl (C=O) groups is 1. The Balaban J connectivity index is 1.70. The zero-order valence-corrected chi connectivity index (χ0v) is 11.5. The number of benzene rings is 1. The Hall–Kier alpha value is -1.31. The highest BCUT2D eigenvalue weighted by Gasteiger charge is 2.27. The first-order chi connectivity index (χ1) is 9.34. The second-order valence-corrected chi connectivity index (χ2v) is 5.99. The number of aryl methyl sites for hydroxylation is 1. The first kappa shape index (κ1) is 12.7. The van der Waals surface area contributed by atoms with Gasteiger partial charge in [0.25, 0.3) is 0 Å². The van der Waals surface area contributed by atoms with Crippen LogP contribution < -0.4 is 5.32 Å². The summed E-state index contributed by atoms with van der Waals surface area (Å²) < 4.78 is 0. The molecule has 0 heterocycles. The molecule has 1 aromatic rings. The Labute approximate surface area is 115 Å². The van der Waals surface area contributed by atoms with E-state index in [4.69, 9.17) is 0 Å². The molecule has 2 aliphatic carbocycles. The SMILES string of the molecule is O=C(NC1CCCCC1)C1CCCc2ccccc21. The third-order valence-electron chi connectivity index (χ3n) is 4.64. The molecule has 1 aromatic carbocycles. The van der Waals surface area contributed by atoms with Crippen molar-refractivity contribution in [2.45, 2.75) is 63.3 Å². The predicted molar refractivity (Wildman–Crippen MR) is 77.1 cm³/mol. The van der Waals surface area contributed by atoms with Crippen LogP contribution in [-0.4, -0.2) is 11.9 Å². The summed E-state index contributed by atoms with van der Waals surface area (Å²) in [7, 11) is 0. The second kappa shape index (κ2) is 5.77. The van der Waals surface area contributed by atoms with Gasteiger partial charge < -0.3 is 5.32 Å². The lowest BCUT2D eigenvalue weighted by Crippen LogP contribution is -2.40. The summed E-state index contributed by atoms with van der Waals surface area (Å²) in [6.07, 6.45) is 9.48. The van der Waals surface area contributed by atoms with Gasteiger partial charge in [0.1, 0.15) is 0 Å². The molecule has 0 bridgehead atoms. The average molecular weight is 257 g/mol. The van der Waals surface area contributed by atoms with Crippen LogP contribution in [0.2, 0.25) is 0 Å². The van der Waals surface area contributed by atoms with Crippen molar-refractivity contribution in [1.29, 1.82) is 0 Å². The van der Waals surface area contributed by atoms with Crippen molar-refractivity contribution in [3.05, 3.63) is 35.4 Å². The lowest BCUT2D eigenvalue weighted by Gasteiger charge is -2.28. The molecule has 0 spiro atoms. The molecule has 1 atom stereocenters. The molecule has 0 radical (unpaired) electrons. The van der Waals surface area contributed by atoms with Crippen LogP contribution in [0.1, 0.15) is 62.0 Å². The summed E-state index contributed by atoms with van der Waals surface area (Å²) in [5.74, 6) is 0.353. The molecule has 0 saturated heterocycles. The maximum atomic E-state index is 12.5. The van der Waals surface area contributed by atoms with Crippen molar-refractivity contribution in [2.75, 3.05) is 0 Å². The lowest BCUT2D eigenvalue weighted by molar-refractivity contribution is -0.123. The van der Waals surface area contributed by atoms with Crippen LogP contribution in [0.5, 0.6) is 0 Å². The molecule has 1 fully saturated rings. The van der Waals surface area contributed by atoms with Gasteiger partial charge in [-0.05, 0) is 43.2 Å². The lowest BCUT2D eigenvalue weighted by atomic mass is 9.82. The Morgan fingerprint density at radius 2 is 1.79 bits per heavy atom. The highest BCUT2D eigenvalue weighted by atomic mass is 16.1. The number of fused-ring (bicyclic) bond motifs is 1. The van der Waals surface area contributed by atoms with Crippen LogP contribution in [0.25, 0.3) is 0 Å². The van der Waals surface area contributed by atoms with Crippen molar-refractivity contribution in [1.82, 2.24) is 5.32 Å². The Kier molecular flexibility index (Phi) is 3.86. The van der Waals surface area contributed by atoms with E-state index in [1.165, 1.54) is 43.2 Å². The predicted octanol–water partition coefficient (Wildman–Crippen LogP) is 3.56. The second-order valence-electron chi connectivity index (χ2n) is 5.99. The fourth-order valence-corrected chi connectivity index (χ4v) is 3.57. The van der Waals surface area contributed by atoms with Crippen molar-refractivity contribution in [3.63, 3.8) is 0 Å². The number of hydrogen-bond acceptors (Lipinski definition) is 1. The zero-order valence-electron chi connectivity index (χ0n) is 11.5. The van der Waals surface area contributed by atoms with E-state index >= 15 is 0 Å². The average Bonchev–Trinajstić information content (AvgIpc) is 2.47. The number of amides is 1. The van der Waals surface area contributed by atoms with Gasteiger partial charge in [-0.3, -0.25) is 4.79 Å². The molecular formula is C17H23NO. The van der Waals surface area contributed by atoms with Crippen LogP contribution in [0, 0.1) is 0 Å². The molecule has 1 amide bonds. The largest absolute Gasteiger partial charge is 0.353 e. The number of rotatable bonds is 2. The van der Waals surface area contributed by atoms with E-state index in [9.17, 15) is 4.79 Å². The van der Waals surface area contributed by atoms with Crippen LogP contribution >= 0.6 is 0 Å². The van der Waals surface area contributed by atoms with Gasteiger partial charge in [-0.15, -0.1) is 0 Å². The van der Waals surface area contributed by atoms with Gasteiger partial charge in [0.05, 0.1) is 5.92 Å². The molecular weight excluding hydrogens is 234 g/mol. The molecule has 3 rings (SSSR count). The molecule has 1 unspecified atom stereocenters. The minimum Gasteiger partial charge on any atom is -0.353 e. The van der Waals surface area contributed by atoms with Gasteiger partial charge in [0, 0.05) is 6.04 Å². The third-order valence-corrected chi connectivity index (χ3v) is 4.64. The van der Waals surface area contributed by atoms with Crippen molar-refractivity contribution < 1.29 is 4.79 Å². The first-order valence-electron chi connectivity index (χ1n) is 7.73. The monoisotopic (exact) mass is 257 g/mol. The zero-order chi connectivity index (χ0) is 13.1. The van der Waals surface area contributed by atoms with E-state index in [1.54, 1.807) is 0 Å². The summed E-state index contributed by atoms with van der Waals surface area (Å²) in [6, 6.07) is 8.88. The molecule has 1 N–H and O–H groups in total. The van der Waals surface area contributed by atoms with E-state index in [-0.39, 0.29) is 11.8 Å². The van der Waals surface area contributed by atoms with Crippen LogP contribution in [0.3, 0.4) is 0 Å². The molecule has 2 heteroatoms. The number of nitrogens with one attached hydrogen (secondary N) is 1. The van der Waals surface area contributed by atoms with E-state index < -0.39 is 0 Å². The maximum absolute atomic E-state index is 12.5. The third kappa shape index (κ3) is 2.83. The van der Waals surface area contributed by atoms with Gasteiger partial charge in [-0.1, -0.05) is 43.5 Å². The summed E-state index contributed by atoms with van der Waals surface area (Å²) in [4.78, 5) is 12.5.